The van der Waals surface area contributed by atoms with Gasteiger partial charge in [-0.1, -0.05) is 24.3 Å². The zero-order chi connectivity index (χ0) is 18.8. The largest absolute Gasteiger partial charge is 0.369 e. The molecule has 5 heteroatoms. The predicted octanol–water partition coefficient (Wildman–Crippen LogP) is 2.84. The lowest BCUT2D eigenvalue weighted by atomic mass is 10.1. The van der Waals surface area contributed by atoms with Gasteiger partial charge in [0.15, 0.2) is 0 Å². The van der Waals surface area contributed by atoms with Gasteiger partial charge in [0.25, 0.3) is 5.56 Å². The van der Waals surface area contributed by atoms with Crippen LogP contribution in [0.3, 0.4) is 0 Å². The van der Waals surface area contributed by atoms with E-state index in [2.05, 4.69) is 46.8 Å². The highest BCUT2D eigenvalue weighted by atomic mass is 16.1. The Bertz CT molecular complexity index is 1000. The fraction of sp³-hybridized carbons (Fsp3) is 0.364. The minimum Gasteiger partial charge on any atom is -0.369 e. The molecule has 0 radical (unpaired) electrons. The van der Waals surface area contributed by atoms with Gasteiger partial charge in [-0.25, -0.2) is 4.98 Å². The number of aryl methyl sites for hydroxylation is 1. The quantitative estimate of drug-likeness (QED) is 0.716. The Kier molecular flexibility index (Phi) is 4.94. The normalized spacial score (nSPS) is 15.4. The van der Waals surface area contributed by atoms with E-state index in [0.717, 1.165) is 38.2 Å². The first-order valence-electron chi connectivity index (χ1n) is 9.61. The SMILES string of the molecule is Cc1cccc(N2CCN(CCn3cnc4ccccc4c3=O)CC2)c1C. The molecule has 2 aromatic carbocycles. The van der Waals surface area contributed by atoms with Gasteiger partial charge in [0.05, 0.1) is 17.2 Å². The first-order chi connectivity index (χ1) is 13.1. The highest BCUT2D eigenvalue weighted by Gasteiger charge is 2.18. The van der Waals surface area contributed by atoms with Crippen LogP contribution in [0.1, 0.15) is 11.1 Å². The second-order valence-corrected chi connectivity index (χ2v) is 7.31. The highest BCUT2D eigenvalue weighted by molar-refractivity contribution is 5.76. The van der Waals surface area contributed by atoms with Crippen LogP contribution in [0, 0.1) is 13.8 Å². The van der Waals surface area contributed by atoms with Crippen molar-refractivity contribution in [2.24, 2.45) is 0 Å². The van der Waals surface area contributed by atoms with E-state index in [1.165, 1.54) is 16.8 Å². The number of hydrogen-bond donors (Lipinski definition) is 0. The molecule has 0 unspecified atom stereocenters. The molecule has 1 aliphatic heterocycles. The van der Waals surface area contributed by atoms with E-state index >= 15 is 0 Å². The number of nitrogens with zero attached hydrogens (tertiary/aromatic N) is 4. The van der Waals surface area contributed by atoms with Crippen LogP contribution in [0.2, 0.25) is 0 Å². The maximum absolute atomic E-state index is 12.6. The number of piperazine rings is 1. The molecule has 1 fully saturated rings. The third-order valence-electron chi connectivity index (χ3n) is 5.68. The Hall–Kier alpha value is -2.66. The monoisotopic (exact) mass is 362 g/mol. The van der Waals surface area contributed by atoms with E-state index in [-0.39, 0.29) is 5.56 Å². The predicted molar refractivity (Wildman–Crippen MR) is 111 cm³/mol. The summed E-state index contributed by atoms with van der Waals surface area (Å²) < 4.78 is 1.74. The van der Waals surface area contributed by atoms with Gasteiger partial charge in [0.1, 0.15) is 0 Å². The maximum atomic E-state index is 12.6. The van der Waals surface area contributed by atoms with E-state index in [0.29, 0.717) is 11.9 Å². The first kappa shape index (κ1) is 17.7. The molecule has 0 aliphatic carbocycles. The molecule has 1 aromatic heterocycles. The highest BCUT2D eigenvalue weighted by Crippen LogP contribution is 2.23. The number of aromatic nitrogens is 2. The lowest BCUT2D eigenvalue weighted by Crippen LogP contribution is -2.47. The number of rotatable bonds is 4. The summed E-state index contributed by atoms with van der Waals surface area (Å²) in [6.45, 7) is 10.0. The molecule has 3 aromatic rings. The molecule has 27 heavy (non-hydrogen) atoms. The van der Waals surface area contributed by atoms with E-state index in [4.69, 9.17) is 0 Å². The summed E-state index contributed by atoms with van der Waals surface area (Å²) in [4.78, 5) is 21.9. The molecule has 5 nitrogen and oxygen atoms in total. The third kappa shape index (κ3) is 3.60. The Morgan fingerprint density at radius 1 is 0.926 bits per heavy atom. The number of benzene rings is 2. The van der Waals surface area contributed by atoms with Gasteiger partial charge in [0.2, 0.25) is 0 Å². The van der Waals surface area contributed by atoms with Crippen molar-refractivity contribution in [1.82, 2.24) is 14.5 Å². The van der Waals surface area contributed by atoms with Gasteiger partial charge in [0, 0.05) is 45.0 Å². The van der Waals surface area contributed by atoms with Gasteiger partial charge >= 0.3 is 0 Å². The van der Waals surface area contributed by atoms with Gasteiger partial charge in [-0.05, 0) is 43.2 Å². The van der Waals surface area contributed by atoms with Crippen LogP contribution in [-0.4, -0.2) is 47.2 Å². The third-order valence-corrected chi connectivity index (χ3v) is 5.68. The van der Waals surface area contributed by atoms with Crippen molar-refractivity contribution in [2.75, 3.05) is 37.6 Å². The molecule has 0 saturated carbocycles. The van der Waals surface area contributed by atoms with Crippen molar-refractivity contribution in [3.8, 4) is 0 Å². The van der Waals surface area contributed by atoms with E-state index in [9.17, 15) is 4.79 Å². The van der Waals surface area contributed by atoms with E-state index in [1.807, 2.05) is 24.3 Å². The van der Waals surface area contributed by atoms with Crippen LogP contribution in [-0.2, 0) is 6.54 Å². The Balaban J connectivity index is 1.38. The summed E-state index contributed by atoms with van der Waals surface area (Å²) in [5, 5.41) is 0.694. The molecule has 0 N–H and O–H groups in total. The summed E-state index contributed by atoms with van der Waals surface area (Å²) in [6.07, 6.45) is 1.68. The molecule has 1 aliphatic rings. The van der Waals surface area contributed by atoms with Crippen molar-refractivity contribution in [3.63, 3.8) is 0 Å². The molecule has 1 saturated heterocycles. The molecule has 0 atom stereocenters. The van der Waals surface area contributed by atoms with Gasteiger partial charge in [-0.15, -0.1) is 0 Å². The van der Waals surface area contributed by atoms with Crippen molar-refractivity contribution in [3.05, 3.63) is 70.3 Å². The van der Waals surface area contributed by atoms with Crippen LogP contribution in [0.4, 0.5) is 5.69 Å². The maximum Gasteiger partial charge on any atom is 0.261 e. The van der Waals surface area contributed by atoms with E-state index < -0.39 is 0 Å². The first-order valence-corrected chi connectivity index (χ1v) is 9.61. The Morgan fingerprint density at radius 2 is 1.70 bits per heavy atom. The second kappa shape index (κ2) is 7.53. The van der Waals surface area contributed by atoms with Crippen LogP contribution in [0.25, 0.3) is 10.9 Å². The fourth-order valence-corrected chi connectivity index (χ4v) is 3.81. The van der Waals surface area contributed by atoms with E-state index in [1.54, 1.807) is 10.9 Å². The Labute approximate surface area is 159 Å². The number of hydrogen-bond acceptors (Lipinski definition) is 4. The average Bonchev–Trinajstić information content (AvgIpc) is 2.70. The average molecular weight is 362 g/mol. The zero-order valence-electron chi connectivity index (χ0n) is 16.1. The van der Waals surface area contributed by atoms with Gasteiger partial charge < -0.3 is 4.90 Å². The number of anilines is 1. The topological polar surface area (TPSA) is 41.4 Å². The molecular formula is C22H26N4O. The molecule has 2 heterocycles. The van der Waals surface area contributed by atoms with Crippen molar-refractivity contribution in [1.29, 1.82) is 0 Å². The lowest BCUT2D eigenvalue weighted by Gasteiger charge is -2.37. The smallest absolute Gasteiger partial charge is 0.261 e. The summed E-state index contributed by atoms with van der Waals surface area (Å²) in [5.74, 6) is 0. The van der Waals surface area contributed by atoms with Crippen molar-refractivity contribution in [2.45, 2.75) is 20.4 Å². The summed E-state index contributed by atoms with van der Waals surface area (Å²) >= 11 is 0. The molecular weight excluding hydrogens is 336 g/mol. The van der Waals surface area contributed by atoms with Crippen molar-refractivity contribution >= 4 is 16.6 Å². The Morgan fingerprint density at radius 3 is 2.52 bits per heavy atom. The lowest BCUT2D eigenvalue weighted by molar-refractivity contribution is 0.247. The van der Waals surface area contributed by atoms with Crippen molar-refractivity contribution < 1.29 is 0 Å². The minimum atomic E-state index is 0.0506. The number of fused-ring (bicyclic) bond motifs is 1. The standard InChI is InChI=1S/C22H26N4O/c1-17-6-5-9-21(18(17)2)25-13-10-24(11-14-25)12-15-26-16-23-20-8-4-3-7-19(20)22(26)27/h3-9,16H,10-15H2,1-2H3. The molecule has 140 valence electrons. The second-order valence-electron chi connectivity index (χ2n) is 7.31. The van der Waals surface area contributed by atoms with Crippen LogP contribution >= 0.6 is 0 Å². The van der Waals surface area contributed by atoms with Gasteiger partial charge in [-0.3, -0.25) is 14.3 Å². The number of para-hydroxylation sites is 1. The molecule has 0 spiro atoms. The molecule has 4 rings (SSSR count). The van der Waals surface area contributed by atoms with Crippen LogP contribution in [0.5, 0.6) is 0 Å². The summed E-state index contributed by atoms with van der Waals surface area (Å²) in [7, 11) is 0. The van der Waals surface area contributed by atoms with Gasteiger partial charge in [-0.2, -0.15) is 0 Å². The molecule has 0 bridgehead atoms. The minimum absolute atomic E-state index is 0.0506. The fourth-order valence-electron chi connectivity index (χ4n) is 3.81. The van der Waals surface area contributed by atoms with Crippen LogP contribution < -0.4 is 10.5 Å². The van der Waals surface area contributed by atoms with Crippen LogP contribution in [0.15, 0.2) is 53.6 Å². The summed E-state index contributed by atoms with van der Waals surface area (Å²) in [5.41, 5.74) is 4.89. The summed E-state index contributed by atoms with van der Waals surface area (Å²) in [6, 6.07) is 14.1. The zero-order valence-corrected chi connectivity index (χ0v) is 16.1. The molecule has 0 amide bonds.